The van der Waals surface area contributed by atoms with E-state index in [-0.39, 0.29) is 5.56 Å². The highest BCUT2D eigenvalue weighted by Gasteiger charge is 2.47. The van der Waals surface area contributed by atoms with Gasteiger partial charge in [0.15, 0.2) is 18.5 Å². The largest absolute Gasteiger partial charge is 0.394 e. The number of hydrogen-bond donors (Lipinski definition) is 4. The molecule has 0 bridgehead atoms. The van der Waals surface area contributed by atoms with Crippen LogP contribution in [0.3, 0.4) is 0 Å². The lowest BCUT2D eigenvalue weighted by Gasteiger charge is -2.09. The Balaban J connectivity index is 2.27. The number of aromatic nitrogens is 1. The first-order valence-electron chi connectivity index (χ1n) is 5.47. The summed E-state index contributed by atoms with van der Waals surface area (Å²) in [6.45, 7) is -0.398. The number of nitrogens with zero attached hydrogens (tertiary/aromatic N) is 1. The third kappa shape index (κ3) is 2.21. The summed E-state index contributed by atoms with van der Waals surface area (Å²) in [5.74, 6) is -0.601. The molecule has 4 atom stereocenters. The van der Waals surface area contributed by atoms with Gasteiger partial charge in [0.2, 0.25) is 0 Å². The van der Waals surface area contributed by atoms with Crippen LogP contribution >= 0.6 is 0 Å². The Kier molecular flexibility index (Phi) is 3.58. The van der Waals surface area contributed by atoms with E-state index in [9.17, 15) is 15.0 Å². The Morgan fingerprint density at radius 1 is 1.44 bits per heavy atom. The molecule has 0 aliphatic carbocycles. The average Bonchev–Trinajstić information content (AvgIpc) is 2.66. The Labute approximate surface area is 103 Å². The normalized spacial score (nSPS) is 31.5. The molecule has 7 nitrogen and oxygen atoms in total. The van der Waals surface area contributed by atoms with Gasteiger partial charge in [-0.15, -0.1) is 0 Å². The van der Waals surface area contributed by atoms with E-state index in [4.69, 9.17) is 15.6 Å². The van der Waals surface area contributed by atoms with E-state index in [0.29, 0.717) is 0 Å². The van der Waals surface area contributed by atoms with E-state index in [1.807, 2.05) is 0 Å². The van der Waals surface area contributed by atoms with Crippen molar-refractivity contribution in [3.05, 3.63) is 30.1 Å². The quantitative estimate of drug-likeness (QED) is 0.453. The number of ether oxygens (including phenoxy) is 1. The summed E-state index contributed by atoms with van der Waals surface area (Å²) in [6.07, 6.45) is -1.08. The summed E-state index contributed by atoms with van der Waals surface area (Å²) < 4.78 is 6.75. The highest BCUT2D eigenvalue weighted by atomic mass is 16.6. The van der Waals surface area contributed by atoms with Crippen molar-refractivity contribution in [1.82, 2.24) is 0 Å². The van der Waals surface area contributed by atoms with Crippen LogP contribution in [0.1, 0.15) is 16.6 Å². The predicted octanol–water partition coefficient (Wildman–Crippen LogP) is -2.32. The van der Waals surface area contributed by atoms with Gasteiger partial charge < -0.3 is 25.8 Å². The van der Waals surface area contributed by atoms with Gasteiger partial charge >= 0.3 is 0 Å². The molecule has 1 aliphatic rings. The van der Waals surface area contributed by atoms with Crippen LogP contribution in [0.15, 0.2) is 24.5 Å². The maximum atomic E-state index is 11.1. The average molecular weight is 255 g/mol. The summed E-state index contributed by atoms with van der Waals surface area (Å²) in [7, 11) is 0. The van der Waals surface area contributed by atoms with Crippen LogP contribution in [0.4, 0.5) is 0 Å². The molecule has 18 heavy (non-hydrogen) atoms. The van der Waals surface area contributed by atoms with E-state index in [1.54, 1.807) is 12.3 Å². The number of rotatable bonds is 3. The van der Waals surface area contributed by atoms with Gasteiger partial charge in [-0.2, -0.15) is 4.57 Å². The van der Waals surface area contributed by atoms with E-state index >= 15 is 0 Å². The van der Waals surface area contributed by atoms with E-state index in [1.165, 1.54) is 16.8 Å². The Hall–Kier alpha value is -1.54. The molecule has 7 heteroatoms. The fraction of sp³-hybridized carbons (Fsp3) is 0.455. The molecule has 2 heterocycles. The van der Waals surface area contributed by atoms with Crippen molar-refractivity contribution >= 4 is 5.91 Å². The predicted molar refractivity (Wildman–Crippen MR) is 58.2 cm³/mol. The molecule has 1 amide bonds. The molecule has 1 aliphatic heterocycles. The standard InChI is InChI=1S/C11H14N2O5/c12-10(17)6-2-1-3-13(4-6)11-9(16)8(15)7(5-14)18-11/h1-4,7-9,11,14-16H,5H2,(H-,12,17)/p+1/t7-,8+,9-,11-/m1/s1. The minimum Gasteiger partial charge on any atom is -0.394 e. The first-order valence-corrected chi connectivity index (χ1v) is 5.47. The molecule has 0 unspecified atom stereocenters. The van der Waals surface area contributed by atoms with Crippen LogP contribution in [-0.2, 0) is 4.74 Å². The second kappa shape index (κ2) is 4.99. The van der Waals surface area contributed by atoms with Gasteiger partial charge in [0.05, 0.1) is 6.61 Å². The van der Waals surface area contributed by atoms with E-state index in [2.05, 4.69) is 0 Å². The van der Waals surface area contributed by atoms with Gasteiger partial charge in [-0.1, -0.05) is 0 Å². The van der Waals surface area contributed by atoms with E-state index in [0.717, 1.165) is 0 Å². The topological polar surface area (TPSA) is 117 Å². The van der Waals surface area contributed by atoms with Crippen LogP contribution in [0.25, 0.3) is 0 Å². The van der Waals surface area contributed by atoms with Gasteiger partial charge in [-0.25, -0.2) is 0 Å². The lowest BCUT2D eigenvalue weighted by atomic mass is 10.1. The van der Waals surface area contributed by atoms with Gasteiger partial charge in [0.1, 0.15) is 17.8 Å². The Bertz CT molecular complexity index is 453. The molecule has 1 fully saturated rings. The molecular formula is C11H15N2O5+. The molecule has 0 aromatic carbocycles. The van der Waals surface area contributed by atoms with Crippen LogP contribution in [0.5, 0.6) is 0 Å². The maximum Gasteiger partial charge on any atom is 0.292 e. The lowest BCUT2D eigenvalue weighted by molar-refractivity contribution is -0.765. The number of nitrogens with two attached hydrogens (primary N) is 1. The summed E-state index contributed by atoms with van der Waals surface area (Å²) in [5, 5.41) is 28.4. The van der Waals surface area contributed by atoms with Crippen molar-refractivity contribution in [3.63, 3.8) is 0 Å². The third-order valence-electron chi connectivity index (χ3n) is 2.92. The van der Waals surface area contributed by atoms with Gasteiger partial charge in [0, 0.05) is 6.07 Å². The monoisotopic (exact) mass is 255 g/mol. The molecule has 1 aromatic heterocycles. The fourth-order valence-electron chi connectivity index (χ4n) is 1.92. The Morgan fingerprint density at radius 3 is 2.72 bits per heavy atom. The zero-order valence-corrected chi connectivity index (χ0v) is 9.51. The Morgan fingerprint density at radius 2 is 2.17 bits per heavy atom. The zero-order chi connectivity index (χ0) is 13.3. The van der Waals surface area contributed by atoms with Crippen molar-refractivity contribution in [1.29, 1.82) is 0 Å². The molecular weight excluding hydrogens is 240 g/mol. The number of aliphatic hydroxyl groups is 3. The van der Waals surface area contributed by atoms with Crippen molar-refractivity contribution in [2.75, 3.05) is 6.61 Å². The summed E-state index contributed by atoms with van der Waals surface area (Å²) >= 11 is 0. The van der Waals surface area contributed by atoms with Crippen molar-refractivity contribution in [2.24, 2.45) is 5.73 Å². The van der Waals surface area contributed by atoms with Crippen molar-refractivity contribution in [3.8, 4) is 0 Å². The maximum absolute atomic E-state index is 11.1. The number of pyridine rings is 1. The fourth-order valence-corrected chi connectivity index (χ4v) is 1.92. The van der Waals surface area contributed by atoms with Crippen LogP contribution in [0, 0.1) is 0 Å². The number of aliphatic hydroxyl groups excluding tert-OH is 3. The lowest BCUT2D eigenvalue weighted by Crippen LogP contribution is -2.46. The number of hydrogen-bond acceptors (Lipinski definition) is 5. The van der Waals surface area contributed by atoms with Gasteiger partial charge in [-0.3, -0.25) is 4.79 Å². The molecule has 2 rings (SSSR count). The smallest absolute Gasteiger partial charge is 0.292 e. The van der Waals surface area contributed by atoms with Crippen molar-refractivity contribution in [2.45, 2.75) is 24.5 Å². The minimum absolute atomic E-state index is 0.259. The van der Waals surface area contributed by atoms with Gasteiger partial charge in [0.25, 0.3) is 12.1 Å². The number of primary amides is 1. The highest BCUT2D eigenvalue weighted by Crippen LogP contribution is 2.24. The van der Waals surface area contributed by atoms with Crippen molar-refractivity contribution < 1.29 is 29.4 Å². The first-order chi connectivity index (χ1) is 8.54. The van der Waals surface area contributed by atoms with Crippen LogP contribution < -0.4 is 10.3 Å². The molecule has 0 radical (unpaired) electrons. The summed E-state index contributed by atoms with van der Waals surface area (Å²) in [4.78, 5) is 11.1. The second-order valence-electron chi connectivity index (χ2n) is 4.13. The molecule has 5 N–H and O–H groups in total. The molecule has 1 aromatic rings. The summed E-state index contributed by atoms with van der Waals surface area (Å²) in [5.41, 5.74) is 5.41. The number of amides is 1. The van der Waals surface area contributed by atoms with Crippen LogP contribution in [0.2, 0.25) is 0 Å². The SMILES string of the molecule is NC(=O)c1ccc[n+]([C@@H]2O[C@H](CO)[C@H](O)[C@H]2O)c1. The molecule has 1 saturated heterocycles. The minimum atomic E-state index is -1.18. The zero-order valence-electron chi connectivity index (χ0n) is 9.51. The van der Waals surface area contributed by atoms with Crippen LogP contribution in [-0.4, -0.2) is 46.1 Å². The number of carbonyl (C=O) groups excluding carboxylic acids is 1. The van der Waals surface area contributed by atoms with Gasteiger partial charge in [-0.05, 0) is 6.07 Å². The highest BCUT2D eigenvalue weighted by molar-refractivity contribution is 5.92. The van der Waals surface area contributed by atoms with E-state index < -0.39 is 37.1 Å². The third-order valence-corrected chi connectivity index (χ3v) is 2.92. The molecule has 0 saturated carbocycles. The number of carbonyl (C=O) groups is 1. The summed E-state index contributed by atoms with van der Waals surface area (Å²) in [6, 6.07) is 3.11. The molecule has 0 spiro atoms. The molecule has 98 valence electrons. The first kappa shape index (κ1) is 12.9. The second-order valence-corrected chi connectivity index (χ2v) is 4.13.